The Kier molecular flexibility index (Phi) is 5.11. The van der Waals surface area contributed by atoms with E-state index in [0.717, 1.165) is 0 Å². The zero-order valence-corrected chi connectivity index (χ0v) is 11.7. The first kappa shape index (κ1) is 15.2. The van der Waals surface area contributed by atoms with Gasteiger partial charge in [0.1, 0.15) is 11.3 Å². The number of ether oxygens (including phenoxy) is 2. The number of aromatic nitrogens is 1. The van der Waals surface area contributed by atoms with E-state index in [0.29, 0.717) is 13.2 Å². The summed E-state index contributed by atoms with van der Waals surface area (Å²) in [6.45, 7) is 6.13. The topological polar surface area (TPSA) is 69.6 Å². The number of methoxy groups -OCH3 is 1. The Morgan fingerprint density at radius 3 is 2.68 bits per heavy atom. The van der Waals surface area contributed by atoms with Gasteiger partial charge in [0.15, 0.2) is 0 Å². The molecule has 0 saturated heterocycles. The molecular weight excluding hydrogens is 248 g/mol. The van der Waals surface area contributed by atoms with Crippen LogP contribution in [0.4, 0.5) is 10.5 Å². The van der Waals surface area contributed by atoms with Crippen LogP contribution in [0.2, 0.25) is 0 Å². The lowest BCUT2D eigenvalue weighted by molar-refractivity contribution is 0.0635. The minimum atomic E-state index is -0.644. The molecule has 1 aromatic heterocycles. The lowest BCUT2D eigenvalue weighted by Crippen LogP contribution is -2.31. The van der Waals surface area contributed by atoms with Gasteiger partial charge in [-0.15, -0.1) is 0 Å². The number of rotatable bonds is 4. The van der Waals surface area contributed by atoms with Crippen molar-refractivity contribution >= 4 is 11.8 Å². The lowest BCUT2D eigenvalue weighted by Gasteiger charge is -2.19. The van der Waals surface area contributed by atoms with Gasteiger partial charge in [-0.1, -0.05) is 0 Å². The highest BCUT2D eigenvalue weighted by Crippen LogP contribution is 2.09. The van der Waals surface area contributed by atoms with Crippen LogP contribution in [0.15, 0.2) is 23.1 Å². The smallest absolute Gasteiger partial charge is 0.412 e. The average molecular weight is 268 g/mol. The largest absolute Gasteiger partial charge is 0.444 e. The van der Waals surface area contributed by atoms with E-state index in [1.807, 2.05) is 0 Å². The van der Waals surface area contributed by atoms with Crippen LogP contribution in [0, 0.1) is 0 Å². The minimum Gasteiger partial charge on any atom is -0.444 e. The summed E-state index contributed by atoms with van der Waals surface area (Å²) in [6.07, 6.45) is 0.996. The molecule has 0 saturated carbocycles. The number of carbonyl (C=O) groups is 1. The molecule has 0 spiro atoms. The van der Waals surface area contributed by atoms with Crippen LogP contribution in [0.1, 0.15) is 20.8 Å². The first-order chi connectivity index (χ1) is 8.83. The molecule has 1 rings (SSSR count). The van der Waals surface area contributed by atoms with Gasteiger partial charge >= 0.3 is 6.09 Å². The van der Waals surface area contributed by atoms with Crippen molar-refractivity contribution in [3.05, 3.63) is 28.7 Å². The summed E-state index contributed by atoms with van der Waals surface area (Å²) in [7, 11) is 1.56. The highest BCUT2D eigenvalue weighted by Gasteiger charge is 2.17. The molecule has 1 aromatic rings. The van der Waals surface area contributed by atoms with Crippen LogP contribution >= 0.6 is 0 Å². The number of carbonyl (C=O) groups excluding carboxylic acids is 1. The van der Waals surface area contributed by atoms with Crippen molar-refractivity contribution in [2.45, 2.75) is 32.9 Å². The molecule has 0 radical (unpaired) electrons. The van der Waals surface area contributed by atoms with Crippen molar-refractivity contribution in [2.24, 2.45) is 0 Å². The van der Waals surface area contributed by atoms with Crippen molar-refractivity contribution in [2.75, 3.05) is 19.0 Å². The van der Waals surface area contributed by atoms with Crippen molar-refractivity contribution in [3.63, 3.8) is 0 Å². The molecule has 106 valence electrons. The molecule has 1 amide bonds. The van der Waals surface area contributed by atoms with E-state index >= 15 is 0 Å². The van der Waals surface area contributed by atoms with Gasteiger partial charge in [0.25, 0.3) is 5.56 Å². The van der Waals surface area contributed by atoms with Crippen LogP contribution in [-0.4, -0.2) is 30.0 Å². The third-order valence-electron chi connectivity index (χ3n) is 2.19. The first-order valence-corrected chi connectivity index (χ1v) is 6.02. The second-order valence-electron chi connectivity index (χ2n) is 5.04. The molecule has 0 bridgehead atoms. The quantitative estimate of drug-likeness (QED) is 0.904. The Labute approximate surface area is 112 Å². The van der Waals surface area contributed by atoms with E-state index in [9.17, 15) is 9.59 Å². The summed E-state index contributed by atoms with van der Waals surface area (Å²) in [5.74, 6) is 0. The van der Waals surface area contributed by atoms with E-state index in [1.165, 1.54) is 10.6 Å². The van der Waals surface area contributed by atoms with Gasteiger partial charge in [-0.05, 0) is 32.9 Å². The summed E-state index contributed by atoms with van der Waals surface area (Å²) < 4.78 is 11.5. The van der Waals surface area contributed by atoms with E-state index < -0.39 is 11.7 Å². The van der Waals surface area contributed by atoms with Crippen molar-refractivity contribution in [1.29, 1.82) is 0 Å². The molecule has 6 heteroatoms. The predicted molar refractivity (Wildman–Crippen MR) is 72.4 cm³/mol. The first-order valence-electron chi connectivity index (χ1n) is 6.02. The Balaban J connectivity index is 2.79. The molecule has 0 aliphatic carbocycles. The Morgan fingerprint density at radius 1 is 1.42 bits per heavy atom. The zero-order valence-electron chi connectivity index (χ0n) is 11.7. The number of anilines is 1. The monoisotopic (exact) mass is 268 g/mol. The van der Waals surface area contributed by atoms with Gasteiger partial charge in [-0.2, -0.15) is 0 Å². The van der Waals surface area contributed by atoms with Crippen molar-refractivity contribution < 1.29 is 14.3 Å². The maximum absolute atomic E-state index is 12.0. The van der Waals surface area contributed by atoms with Crippen LogP contribution < -0.4 is 10.9 Å². The molecular formula is C13H20N2O4. The molecule has 0 unspecified atom stereocenters. The van der Waals surface area contributed by atoms with Gasteiger partial charge < -0.3 is 14.0 Å². The number of pyridine rings is 1. The SMILES string of the molecule is COCCn1cccc(NC(=O)OC(C)(C)C)c1=O. The fraction of sp³-hybridized carbons (Fsp3) is 0.538. The molecule has 6 nitrogen and oxygen atoms in total. The minimum absolute atomic E-state index is 0.188. The fourth-order valence-corrected chi connectivity index (χ4v) is 1.41. The number of amides is 1. The Morgan fingerprint density at radius 2 is 2.11 bits per heavy atom. The van der Waals surface area contributed by atoms with Gasteiger partial charge in [-0.3, -0.25) is 10.1 Å². The van der Waals surface area contributed by atoms with Crippen LogP contribution in [0.3, 0.4) is 0 Å². The number of nitrogens with zero attached hydrogens (tertiary/aromatic N) is 1. The summed E-state index contributed by atoms with van der Waals surface area (Å²) in [5, 5.41) is 2.45. The Hall–Kier alpha value is -1.82. The van der Waals surface area contributed by atoms with Crippen molar-refractivity contribution in [3.8, 4) is 0 Å². The van der Waals surface area contributed by atoms with E-state index in [1.54, 1.807) is 40.1 Å². The number of hydrogen-bond donors (Lipinski definition) is 1. The summed E-state index contributed by atoms with van der Waals surface area (Å²) in [4.78, 5) is 23.6. The number of hydrogen-bond acceptors (Lipinski definition) is 4. The molecule has 19 heavy (non-hydrogen) atoms. The van der Waals surface area contributed by atoms with Crippen LogP contribution in [0.25, 0.3) is 0 Å². The lowest BCUT2D eigenvalue weighted by atomic mass is 10.2. The molecule has 0 aliphatic heterocycles. The van der Waals surface area contributed by atoms with Gasteiger partial charge in [0.05, 0.1) is 6.61 Å². The van der Waals surface area contributed by atoms with E-state index in [-0.39, 0.29) is 11.2 Å². The predicted octanol–water partition coefficient (Wildman–Crippen LogP) is 1.84. The molecule has 0 fully saturated rings. The maximum Gasteiger partial charge on any atom is 0.412 e. The van der Waals surface area contributed by atoms with Crippen LogP contribution in [-0.2, 0) is 16.0 Å². The average Bonchev–Trinajstić information content (AvgIpc) is 2.28. The fourth-order valence-electron chi connectivity index (χ4n) is 1.41. The van der Waals surface area contributed by atoms with E-state index in [2.05, 4.69) is 5.32 Å². The molecule has 1 heterocycles. The normalized spacial score (nSPS) is 11.2. The zero-order chi connectivity index (χ0) is 14.5. The second kappa shape index (κ2) is 6.38. The van der Waals surface area contributed by atoms with E-state index in [4.69, 9.17) is 9.47 Å². The third kappa shape index (κ3) is 5.13. The molecule has 0 aromatic carbocycles. The summed E-state index contributed by atoms with van der Waals surface area (Å²) in [6, 6.07) is 3.22. The molecule has 0 atom stereocenters. The standard InChI is InChI=1S/C13H20N2O4/c1-13(2,3)19-12(17)14-10-6-5-7-15(11(10)16)8-9-18-4/h5-7H,8-9H2,1-4H3,(H,14,17). The molecule has 0 aliphatic rings. The maximum atomic E-state index is 12.0. The molecule has 1 N–H and O–H groups in total. The highest BCUT2D eigenvalue weighted by atomic mass is 16.6. The Bertz CT molecular complexity index is 488. The van der Waals surface area contributed by atoms with Gasteiger partial charge in [-0.25, -0.2) is 4.79 Å². The summed E-state index contributed by atoms with van der Waals surface area (Å²) >= 11 is 0. The number of nitrogens with one attached hydrogen (secondary N) is 1. The third-order valence-corrected chi connectivity index (χ3v) is 2.19. The highest BCUT2D eigenvalue weighted by molar-refractivity contribution is 5.84. The van der Waals surface area contributed by atoms with Gasteiger partial charge in [0.2, 0.25) is 0 Å². The summed E-state index contributed by atoms with van der Waals surface area (Å²) in [5.41, 5.74) is -0.702. The van der Waals surface area contributed by atoms with Crippen molar-refractivity contribution in [1.82, 2.24) is 4.57 Å². The van der Waals surface area contributed by atoms with Gasteiger partial charge in [0, 0.05) is 19.9 Å². The van der Waals surface area contributed by atoms with Crippen LogP contribution in [0.5, 0.6) is 0 Å². The second-order valence-corrected chi connectivity index (χ2v) is 5.04.